The third kappa shape index (κ3) is 2.03. The van der Waals surface area contributed by atoms with Gasteiger partial charge < -0.3 is 10.4 Å². The van der Waals surface area contributed by atoms with Crippen molar-refractivity contribution in [1.82, 2.24) is 5.32 Å². The zero-order valence-corrected chi connectivity index (χ0v) is 8.89. The van der Waals surface area contributed by atoms with E-state index in [0.717, 1.165) is 18.5 Å². The second-order valence-corrected chi connectivity index (χ2v) is 4.30. The van der Waals surface area contributed by atoms with Crippen LogP contribution in [0.3, 0.4) is 0 Å². The molecule has 82 valence electrons. The first-order valence-corrected chi connectivity index (χ1v) is 5.31. The molecule has 0 aromatic heterocycles. The quantitative estimate of drug-likeness (QED) is 0.738. The normalized spacial score (nSPS) is 26.6. The fourth-order valence-electron chi connectivity index (χ4n) is 2.12. The fourth-order valence-corrected chi connectivity index (χ4v) is 2.12. The summed E-state index contributed by atoms with van der Waals surface area (Å²) in [6.45, 7) is 3.18. The van der Waals surface area contributed by atoms with Crippen LogP contribution in [0.2, 0.25) is 0 Å². The molecule has 2 rings (SSSR count). The molecular formula is C12H16FNO. The second-order valence-electron chi connectivity index (χ2n) is 4.30. The van der Waals surface area contributed by atoms with Gasteiger partial charge in [0.05, 0.1) is 0 Å². The van der Waals surface area contributed by atoms with Crippen LogP contribution < -0.4 is 5.32 Å². The number of hydrogen-bond acceptors (Lipinski definition) is 2. The number of piperidine rings is 1. The fraction of sp³-hybridized carbons (Fsp3) is 0.500. The second kappa shape index (κ2) is 3.91. The lowest BCUT2D eigenvalue weighted by Gasteiger charge is -2.33. The van der Waals surface area contributed by atoms with Gasteiger partial charge in [0.2, 0.25) is 0 Å². The maximum Gasteiger partial charge on any atom is 0.129 e. The van der Waals surface area contributed by atoms with Gasteiger partial charge in [-0.25, -0.2) is 4.39 Å². The summed E-state index contributed by atoms with van der Waals surface area (Å²) in [5, 5.41) is 13.4. The smallest absolute Gasteiger partial charge is 0.129 e. The highest BCUT2D eigenvalue weighted by atomic mass is 19.1. The number of nitrogens with one attached hydrogen (secondary N) is 1. The standard InChI is InChI=1S/C12H16FNO/c1-9-3-4-10(11(13)7-9)12(15)5-2-6-14-8-12/h3-4,7,14-15H,2,5-6,8H2,1H3. The topological polar surface area (TPSA) is 32.3 Å². The zero-order valence-electron chi connectivity index (χ0n) is 8.89. The molecule has 2 nitrogen and oxygen atoms in total. The molecule has 0 aliphatic carbocycles. The van der Waals surface area contributed by atoms with Crippen LogP contribution in [-0.4, -0.2) is 18.2 Å². The predicted molar refractivity (Wildman–Crippen MR) is 57.1 cm³/mol. The van der Waals surface area contributed by atoms with Gasteiger partial charge in [-0.15, -0.1) is 0 Å². The van der Waals surface area contributed by atoms with Crippen LogP contribution in [0.4, 0.5) is 4.39 Å². The molecule has 1 unspecified atom stereocenters. The molecule has 1 aliphatic heterocycles. The van der Waals surface area contributed by atoms with Crippen molar-refractivity contribution in [2.45, 2.75) is 25.4 Å². The monoisotopic (exact) mass is 209 g/mol. The van der Waals surface area contributed by atoms with Crippen LogP contribution in [-0.2, 0) is 5.60 Å². The van der Waals surface area contributed by atoms with E-state index >= 15 is 0 Å². The largest absolute Gasteiger partial charge is 0.384 e. The Bertz CT molecular complexity index is 359. The van der Waals surface area contributed by atoms with E-state index in [0.29, 0.717) is 18.5 Å². The van der Waals surface area contributed by atoms with Crippen molar-refractivity contribution in [2.24, 2.45) is 0 Å². The molecule has 0 radical (unpaired) electrons. The summed E-state index contributed by atoms with van der Waals surface area (Å²) in [6, 6.07) is 5.00. The Labute approximate surface area is 89.1 Å². The van der Waals surface area contributed by atoms with Crippen molar-refractivity contribution in [1.29, 1.82) is 0 Å². The molecule has 1 aromatic rings. The summed E-state index contributed by atoms with van der Waals surface area (Å²) in [5.41, 5.74) is 0.264. The van der Waals surface area contributed by atoms with Crippen molar-refractivity contribution < 1.29 is 9.50 Å². The van der Waals surface area contributed by atoms with Crippen molar-refractivity contribution in [3.05, 3.63) is 35.1 Å². The van der Waals surface area contributed by atoms with E-state index in [4.69, 9.17) is 0 Å². The van der Waals surface area contributed by atoms with Gasteiger partial charge in [0, 0.05) is 12.1 Å². The third-order valence-electron chi connectivity index (χ3n) is 2.99. The van der Waals surface area contributed by atoms with Gasteiger partial charge in [-0.1, -0.05) is 12.1 Å². The molecule has 1 aromatic carbocycles. The summed E-state index contributed by atoms with van der Waals surface area (Å²) in [7, 11) is 0. The van der Waals surface area contributed by atoms with Crippen LogP contribution in [0.15, 0.2) is 18.2 Å². The van der Waals surface area contributed by atoms with Gasteiger partial charge in [0.15, 0.2) is 0 Å². The summed E-state index contributed by atoms with van der Waals surface area (Å²) < 4.78 is 13.7. The van der Waals surface area contributed by atoms with Gasteiger partial charge in [-0.2, -0.15) is 0 Å². The van der Waals surface area contributed by atoms with Crippen molar-refractivity contribution in [2.75, 3.05) is 13.1 Å². The average Bonchev–Trinajstić information content (AvgIpc) is 2.18. The van der Waals surface area contributed by atoms with Gasteiger partial charge >= 0.3 is 0 Å². The number of halogens is 1. The Kier molecular flexibility index (Phi) is 2.76. The molecule has 1 aliphatic rings. The highest BCUT2D eigenvalue weighted by Crippen LogP contribution is 2.30. The molecule has 0 spiro atoms. The first kappa shape index (κ1) is 10.6. The van der Waals surface area contributed by atoms with Gasteiger partial charge in [-0.3, -0.25) is 0 Å². The van der Waals surface area contributed by atoms with Crippen LogP contribution in [0.5, 0.6) is 0 Å². The van der Waals surface area contributed by atoms with Crippen molar-refractivity contribution in [3.8, 4) is 0 Å². The Morgan fingerprint density at radius 3 is 2.87 bits per heavy atom. The highest BCUT2D eigenvalue weighted by Gasteiger charge is 2.33. The van der Waals surface area contributed by atoms with Crippen LogP contribution in [0, 0.1) is 12.7 Å². The molecule has 1 atom stereocenters. The number of aliphatic hydroxyl groups is 1. The lowest BCUT2D eigenvalue weighted by Crippen LogP contribution is -2.43. The average molecular weight is 209 g/mol. The van der Waals surface area contributed by atoms with Gasteiger partial charge in [0.1, 0.15) is 11.4 Å². The Balaban J connectivity index is 2.35. The summed E-state index contributed by atoms with van der Waals surface area (Å²) in [5.74, 6) is -0.304. The lowest BCUT2D eigenvalue weighted by atomic mass is 9.86. The van der Waals surface area contributed by atoms with E-state index in [-0.39, 0.29) is 5.82 Å². The summed E-state index contributed by atoms with van der Waals surface area (Å²) in [4.78, 5) is 0. The maximum atomic E-state index is 13.7. The molecule has 15 heavy (non-hydrogen) atoms. The van der Waals surface area contributed by atoms with E-state index in [2.05, 4.69) is 5.32 Å². The van der Waals surface area contributed by atoms with Crippen molar-refractivity contribution in [3.63, 3.8) is 0 Å². The highest BCUT2D eigenvalue weighted by molar-refractivity contribution is 5.29. The van der Waals surface area contributed by atoms with Gasteiger partial charge in [0.25, 0.3) is 0 Å². The van der Waals surface area contributed by atoms with E-state index < -0.39 is 5.60 Å². The number of rotatable bonds is 1. The van der Waals surface area contributed by atoms with Crippen LogP contribution >= 0.6 is 0 Å². The minimum absolute atomic E-state index is 0.304. The predicted octanol–water partition coefficient (Wildman–Crippen LogP) is 1.71. The molecule has 0 saturated carbocycles. The maximum absolute atomic E-state index is 13.7. The zero-order chi connectivity index (χ0) is 10.9. The Morgan fingerprint density at radius 1 is 1.47 bits per heavy atom. The molecule has 1 saturated heterocycles. The van der Waals surface area contributed by atoms with Crippen molar-refractivity contribution >= 4 is 0 Å². The first-order valence-electron chi connectivity index (χ1n) is 5.31. The van der Waals surface area contributed by atoms with Gasteiger partial charge in [-0.05, 0) is 37.9 Å². The molecular weight excluding hydrogens is 193 g/mol. The van der Waals surface area contributed by atoms with E-state index in [1.807, 2.05) is 13.0 Å². The number of aryl methyl sites for hydroxylation is 1. The molecule has 0 bridgehead atoms. The summed E-state index contributed by atoms with van der Waals surface area (Å²) in [6.07, 6.45) is 1.50. The minimum atomic E-state index is -1.03. The van der Waals surface area contributed by atoms with E-state index in [1.54, 1.807) is 6.07 Å². The lowest BCUT2D eigenvalue weighted by molar-refractivity contribution is 0.00908. The molecule has 0 amide bonds. The van der Waals surface area contributed by atoms with Crippen LogP contribution in [0.1, 0.15) is 24.0 Å². The molecule has 3 heteroatoms. The summed E-state index contributed by atoms with van der Waals surface area (Å²) >= 11 is 0. The molecule has 1 heterocycles. The van der Waals surface area contributed by atoms with E-state index in [1.165, 1.54) is 6.07 Å². The molecule has 1 fully saturated rings. The number of benzene rings is 1. The number of hydrogen-bond donors (Lipinski definition) is 2. The number of β-amino-alcohol motifs (C(OH)–C–C–N with tert-alkyl or cyclic N) is 1. The van der Waals surface area contributed by atoms with E-state index in [9.17, 15) is 9.50 Å². The third-order valence-corrected chi connectivity index (χ3v) is 2.99. The SMILES string of the molecule is Cc1ccc(C2(O)CCCNC2)c(F)c1. The molecule has 2 N–H and O–H groups in total. The Morgan fingerprint density at radius 2 is 2.27 bits per heavy atom. The first-order chi connectivity index (χ1) is 7.12. The Hall–Kier alpha value is -0.930. The minimum Gasteiger partial charge on any atom is -0.384 e. The van der Waals surface area contributed by atoms with Crippen LogP contribution in [0.25, 0.3) is 0 Å².